The summed E-state index contributed by atoms with van der Waals surface area (Å²) in [5.74, 6) is -0.521. The monoisotopic (exact) mass is 949 g/mol. The van der Waals surface area contributed by atoms with Crippen LogP contribution in [0.3, 0.4) is 0 Å². The maximum atomic E-state index is 14.5. The van der Waals surface area contributed by atoms with E-state index in [9.17, 15) is 23.3 Å². The molecule has 17 heteroatoms. The first-order valence-electron chi connectivity index (χ1n) is 23.8. The fourth-order valence-corrected chi connectivity index (χ4v) is 12.4. The Morgan fingerprint density at radius 3 is 2.59 bits per heavy atom. The number of sulfonamides is 1. The van der Waals surface area contributed by atoms with Crippen LogP contribution in [0.4, 0.5) is 28.4 Å². The number of nitrogens with zero attached hydrogens (tertiary/aromatic N) is 6. The number of amides is 1. The minimum absolute atomic E-state index is 0.00726. The molecule has 4 aliphatic heterocycles. The number of carbonyl (C=O) groups is 1. The average molecular weight is 950 g/mol. The number of carbonyl (C=O) groups excluding carboxylic acids is 1. The van der Waals surface area contributed by atoms with Gasteiger partial charge in [-0.3, -0.25) is 24.8 Å². The summed E-state index contributed by atoms with van der Waals surface area (Å²) in [6, 6.07) is 26.4. The Morgan fingerprint density at radius 1 is 1.00 bits per heavy atom. The van der Waals surface area contributed by atoms with Gasteiger partial charge in [0.1, 0.15) is 24.0 Å². The zero-order valence-electron chi connectivity index (χ0n) is 38.7. The highest BCUT2D eigenvalue weighted by molar-refractivity contribution is 7.90. The second kappa shape index (κ2) is 17.5. The Morgan fingerprint density at radius 2 is 1.81 bits per heavy atom. The number of nitro benzene ring substituents is 1. The molecular weight excluding hydrogens is 895 g/mol. The number of hydrogen-bond donors (Lipinski definition) is 3. The molecule has 0 unspecified atom stereocenters. The second-order valence-corrected chi connectivity index (χ2v) is 21.1. The van der Waals surface area contributed by atoms with E-state index in [-0.39, 0.29) is 41.2 Å². The number of allylic oxidation sites excluding steroid dienone is 1. The topological polar surface area (TPSA) is 188 Å². The minimum atomic E-state index is -4.67. The van der Waals surface area contributed by atoms with Crippen molar-refractivity contribution in [3.63, 3.8) is 0 Å². The molecule has 1 amide bonds. The van der Waals surface area contributed by atoms with Crippen LogP contribution in [0.5, 0.6) is 11.6 Å². The smallest absolute Gasteiger partial charge is 0.297 e. The van der Waals surface area contributed by atoms with Crippen molar-refractivity contribution in [3.8, 4) is 11.6 Å². The van der Waals surface area contributed by atoms with Crippen LogP contribution in [0.2, 0.25) is 0 Å². The third-order valence-corrected chi connectivity index (χ3v) is 16.2. The number of piperidine rings is 1. The number of aromatic amines is 1. The van der Waals surface area contributed by atoms with Gasteiger partial charge in [-0.15, -0.1) is 0 Å². The van der Waals surface area contributed by atoms with E-state index < -0.39 is 31.4 Å². The van der Waals surface area contributed by atoms with E-state index in [2.05, 4.69) is 67.6 Å². The van der Waals surface area contributed by atoms with Crippen molar-refractivity contribution in [1.82, 2.24) is 24.6 Å². The molecule has 3 N–H and O–H groups in total. The number of nitrogens with one attached hydrogen (secondary N) is 3. The lowest BCUT2D eigenvalue weighted by Crippen LogP contribution is -2.55. The molecule has 69 heavy (non-hydrogen) atoms. The number of rotatable bonds is 11. The predicted octanol–water partition coefficient (Wildman–Crippen LogP) is 8.94. The van der Waals surface area contributed by atoms with Crippen LogP contribution in [0.1, 0.15) is 85.6 Å². The standard InChI is InChI=1S/C52H55N9O7S/c1-32(2)40-10-4-5-11-41(40)43-12-8-20-59(43)38-28-52(29-38)16-21-58(22-17-52)37-13-14-42(44(25-37)60-30-33(3)68-51-46(60)23-34-15-19-54-49(34)56-51)50(62)57-69(65,66)39-26-45(61(63)64)48-47(27-39)67-31-36(55-48)24-35-9-6-7-18-53-35/h4-7,9-11,13-15,18-19,23,25-27,33,36,38,43,55H,1,8,12,16-17,20-22,24,28-31H2,2-3H3,(H,54,56)(H,57,62)/t33-,36+,43+/m1/s1. The van der Waals surface area contributed by atoms with Crippen LogP contribution in [-0.4, -0.2) is 90.1 Å². The highest BCUT2D eigenvalue weighted by Crippen LogP contribution is 2.54. The molecule has 3 atom stereocenters. The van der Waals surface area contributed by atoms with Gasteiger partial charge in [0.05, 0.1) is 33.7 Å². The molecule has 7 heterocycles. The molecular formula is C52H55N9O7S. The normalized spacial score (nSPS) is 21.1. The first kappa shape index (κ1) is 44.5. The van der Waals surface area contributed by atoms with Gasteiger partial charge in [-0.25, -0.2) is 13.1 Å². The molecule has 3 fully saturated rings. The van der Waals surface area contributed by atoms with Gasteiger partial charge in [-0.1, -0.05) is 42.5 Å². The molecule has 1 aliphatic carbocycles. The Balaban J connectivity index is 0.855. The Labute approximate surface area is 400 Å². The summed E-state index contributed by atoms with van der Waals surface area (Å²) in [7, 11) is -4.67. The van der Waals surface area contributed by atoms with Crippen LogP contribution < -0.4 is 29.3 Å². The highest BCUT2D eigenvalue weighted by Gasteiger charge is 2.50. The van der Waals surface area contributed by atoms with E-state index in [4.69, 9.17) is 14.5 Å². The van der Waals surface area contributed by atoms with Crippen molar-refractivity contribution >= 4 is 61.0 Å². The number of anilines is 4. The maximum absolute atomic E-state index is 14.5. The van der Waals surface area contributed by atoms with Crippen LogP contribution in [-0.2, 0) is 16.4 Å². The number of benzene rings is 3. The molecule has 11 rings (SSSR count). The Kier molecular flexibility index (Phi) is 11.3. The minimum Gasteiger partial charge on any atom is -0.489 e. The lowest BCUT2D eigenvalue weighted by atomic mass is 9.59. The summed E-state index contributed by atoms with van der Waals surface area (Å²) in [4.78, 5) is 45.2. The number of fused-ring (bicyclic) bond motifs is 3. The van der Waals surface area contributed by atoms with Crippen molar-refractivity contribution in [2.45, 2.75) is 87.9 Å². The number of aromatic nitrogens is 3. The van der Waals surface area contributed by atoms with Crippen LogP contribution in [0.25, 0.3) is 16.6 Å². The van der Waals surface area contributed by atoms with E-state index in [1.165, 1.54) is 42.9 Å². The summed E-state index contributed by atoms with van der Waals surface area (Å²) >= 11 is 0. The number of ether oxygens (including phenoxy) is 2. The van der Waals surface area contributed by atoms with Gasteiger partial charge in [0.15, 0.2) is 11.4 Å². The molecule has 1 spiro atoms. The summed E-state index contributed by atoms with van der Waals surface area (Å²) in [6.07, 6.45) is 10.4. The lowest BCUT2D eigenvalue weighted by molar-refractivity contribution is -0.384. The van der Waals surface area contributed by atoms with E-state index in [1.807, 2.05) is 48.2 Å². The van der Waals surface area contributed by atoms with Crippen LogP contribution in [0.15, 0.2) is 109 Å². The zero-order chi connectivity index (χ0) is 47.6. The van der Waals surface area contributed by atoms with Crippen LogP contribution in [0, 0.1) is 15.5 Å². The van der Waals surface area contributed by atoms with Crippen molar-refractivity contribution < 1.29 is 27.6 Å². The first-order valence-corrected chi connectivity index (χ1v) is 25.3. The Bertz CT molecular complexity index is 3110. The fraction of sp³-hybridized carbons (Fsp3) is 0.365. The van der Waals surface area contributed by atoms with Gasteiger partial charge in [-0.2, -0.15) is 4.98 Å². The molecule has 1 saturated carbocycles. The number of hydrogen-bond acceptors (Lipinski definition) is 13. The summed E-state index contributed by atoms with van der Waals surface area (Å²) in [5.41, 5.74) is 7.17. The lowest BCUT2D eigenvalue weighted by Gasteiger charge is -2.56. The number of nitro groups is 1. The van der Waals surface area contributed by atoms with E-state index in [1.54, 1.807) is 24.5 Å². The number of H-pyrrole nitrogens is 1. The number of pyridine rings is 2. The molecule has 356 valence electrons. The molecule has 0 radical (unpaired) electrons. The maximum Gasteiger partial charge on any atom is 0.297 e. The summed E-state index contributed by atoms with van der Waals surface area (Å²) in [6.45, 7) is 11.6. The highest BCUT2D eigenvalue weighted by atomic mass is 32.2. The quantitative estimate of drug-likeness (QED) is 0.0826. The van der Waals surface area contributed by atoms with Gasteiger partial charge < -0.3 is 29.6 Å². The molecule has 6 aromatic rings. The van der Waals surface area contributed by atoms with Crippen molar-refractivity contribution in [3.05, 3.63) is 136 Å². The number of likely N-dealkylation sites (tertiary alicyclic amines) is 1. The fourth-order valence-electron chi connectivity index (χ4n) is 11.4. The molecule has 5 aliphatic rings. The van der Waals surface area contributed by atoms with E-state index >= 15 is 0 Å². The largest absolute Gasteiger partial charge is 0.489 e. The van der Waals surface area contributed by atoms with Crippen LogP contribution >= 0.6 is 0 Å². The van der Waals surface area contributed by atoms with Crippen molar-refractivity contribution in [1.29, 1.82) is 0 Å². The Hall–Kier alpha value is -6.98. The molecule has 16 nitrogen and oxygen atoms in total. The van der Waals surface area contributed by atoms with Gasteiger partial charge in [0.25, 0.3) is 21.6 Å². The second-order valence-electron chi connectivity index (χ2n) is 19.5. The van der Waals surface area contributed by atoms with Gasteiger partial charge in [0.2, 0.25) is 5.88 Å². The van der Waals surface area contributed by atoms with Gasteiger partial charge in [0, 0.05) is 72.9 Å². The zero-order valence-corrected chi connectivity index (χ0v) is 39.5. The summed E-state index contributed by atoms with van der Waals surface area (Å²) < 4.78 is 42.8. The SMILES string of the molecule is C=C(C)c1ccccc1[C@@H]1CCCN1C1CC2(CCN(c3ccc(C(=O)NS(=O)(=O)c4cc5c(c([N+](=O)[O-])c4)N[C@@H](Cc4ccccn4)CO5)c(N4C[C@@H](C)Oc5nc6[nH]ccc6cc54)c3)CC2)C1. The third-order valence-electron chi connectivity index (χ3n) is 14.9. The molecule has 2 saturated heterocycles. The third kappa shape index (κ3) is 8.41. The van der Waals surface area contributed by atoms with Crippen molar-refractivity contribution in [2.24, 2.45) is 5.41 Å². The first-order chi connectivity index (χ1) is 33.3. The van der Waals surface area contributed by atoms with E-state index in [0.29, 0.717) is 48.0 Å². The van der Waals surface area contributed by atoms with Gasteiger partial charge >= 0.3 is 0 Å². The van der Waals surface area contributed by atoms with E-state index in [0.717, 1.165) is 60.9 Å². The summed E-state index contributed by atoms with van der Waals surface area (Å²) in [5, 5.41) is 16.4. The predicted molar refractivity (Wildman–Crippen MR) is 265 cm³/mol. The molecule has 3 aromatic heterocycles. The molecule has 0 bridgehead atoms. The average Bonchev–Trinajstić information content (AvgIpc) is 4.02. The molecule has 3 aromatic carbocycles. The van der Waals surface area contributed by atoms with Gasteiger partial charge in [-0.05, 0) is 118 Å². The van der Waals surface area contributed by atoms with Crippen molar-refractivity contribution in [2.75, 3.05) is 47.9 Å².